The quantitative estimate of drug-likeness (QED) is 0.834. The Balaban J connectivity index is 2.34. The van der Waals surface area contributed by atoms with Gasteiger partial charge in [-0.2, -0.15) is 0 Å². The van der Waals surface area contributed by atoms with E-state index in [2.05, 4.69) is 17.9 Å². The predicted octanol–water partition coefficient (Wildman–Crippen LogP) is 2.84. The van der Waals surface area contributed by atoms with Crippen LogP contribution in [0.5, 0.6) is 0 Å². The average Bonchev–Trinajstić information content (AvgIpc) is 2.70. The SMILES string of the molecule is Cc1ccc2c(c1)c(CCN(C)C)cn2COP(C)(=O)O. The molecule has 0 radical (unpaired) electrons. The Morgan fingerprint density at radius 1 is 1.38 bits per heavy atom. The molecule has 6 heteroatoms. The van der Waals surface area contributed by atoms with Crippen molar-refractivity contribution in [2.24, 2.45) is 0 Å². The highest BCUT2D eigenvalue weighted by atomic mass is 31.2. The van der Waals surface area contributed by atoms with Gasteiger partial charge in [-0.3, -0.25) is 9.09 Å². The van der Waals surface area contributed by atoms with E-state index in [1.807, 2.05) is 37.0 Å². The van der Waals surface area contributed by atoms with E-state index in [0.29, 0.717) is 0 Å². The van der Waals surface area contributed by atoms with Crippen molar-refractivity contribution in [3.63, 3.8) is 0 Å². The minimum atomic E-state index is -3.47. The third-order valence-corrected chi connectivity index (χ3v) is 3.98. The number of hydrogen-bond donors (Lipinski definition) is 1. The van der Waals surface area contributed by atoms with E-state index in [9.17, 15) is 9.46 Å². The highest BCUT2D eigenvalue weighted by molar-refractivity contribution is 7.51. The largest absolute Gasteiger partial charge is 0.326 e. The molecule has 2 aromatic rings. The number of likely N-dealkylation sites (N-methyl/N-ethyl adjacent to an activating group) is 1. The topological polar surface area (TPSA) is 54.7 Å². The van der Waals surface area contributed by atoms with Crippen LogP contribution >= 0.6 is 7.60 Å². The average molecular weight is 310 g/mol. The highest BCUT2D eigenvalue weighted by Gasteiger charge is 2.13. The molecule has 21 heavy (non-hydrogen) atoms. The molecular weight excluding hydrogens is 287 g/mol. The van der Waals surface area contributed by atoms with Gasteiger partial charge in [0.25, 0.3) is 0 Å². The summed E-state index contributed by atoms with van der Waals surface area (Å²) in [5.41, 5.74) is 3.47. The van der Waals surface area contributed by atoms with Gasteiger partial charge in [-0.1, -0.05) is 11.6 Å². The first-order valence-corrected chi connectivity index (χ1v) is 8.96. The maximum absolute atomic E-state index is 11.3. The van der Waals surface area contributed by atoms with Crippen LogP contribution in [0.2, 0.25) is 0 Å². The second kappa shape index (κ2) is 6.32. The fourth-order valence-corrected chi connectivity index (χ4v) is 2.64. The molecule has 0 aliphatic carbocycles. The number of fused-ring (bicyclic) bond motifs is 1. The summed E-state index contributed by atoms with van der Waals surface area (Å²) in [6.45, 7) is 4.32. The lowest BCUT2D eigenvalue weighted by Gasteiger charge is -2.09. The Morgan fingerprint density at radius 2 is 2.10 bits per heavy atom. The Morgan fingerprint density at radius 3 is 2.71 bits per heavy atom. The van der Waals surface area contributed by atoms with Crippen molar-refractivity contribution < 1.29 is 14.0 Å². The summed E-state index contributed by atoms with van der Waals surface area (Å²) in [4.78, 5) is 11.4. The molecule has 0 saturated heterocycles. The van der Waals surface area contributed by atoms with Gasteiger partial charge >= 0.3 is 7.60 Å². The first kappa shape index (κ1) is 16.2. The van der Waals surface area contributed by atoms with Gasteiger partial charge in [0.05, 0.1) is 5.52 Å². The van der Waals surface area contributed by atoms with Crippen LogP contribution in [-0.4, -0.2) is 41.7 Å². The number of rotatable bonds is 6. The van der Waals surface area contributed by atoms with Gasteiger partial charge in [0, 0.05) is 24.8 Å². The molecular formula is C15H23N2O3P. The van der Waals surface area contributed by atoms with E-state index in [-0.39, 0.29) is 6.73 Å². The smallest absolute Gasteiger partial charge is 0.324 e. The van der Waals surface area contributed by atoms with Crippen LogP contribution < -0.4 is 0 Å². The molecule has 2 rings (SSSR count). The van der Waals surface area contributed by atoms with Crippen molar-refractivity contribution in [1.29, 1.82) is 0 Å². The minimum Gasteiger partial charge on any atom is -0.324 e. The summed E-state index contributed by atoms with van der Waals surface area (Å²) in [6, 6.07) is 6.23. The van der Waals surface area contributed by atoms with Crippen LogP contribution in [0.3, 0.4) is 0 Å². The summed E-state index contributed by atoms with van der Waals surface area (Å²) in [7, 11) is 0.627. The highest BCUT2D eigenvalue weighted by Crippen LogP contribution is 2.37. The fraction of sp³-hybridized carbons (Fsp3) is 0.467. The number of nitrogens with zero attached hydrogens (tertiary/aromatic N) is 2. The molecule has 1 heterocycles. The molecule has 1 unspecified atom stereocenters. The number of hydrogen-bond acceptors (Lipinski definition) is 3. The Bertz CT molecular complexity index is 673. The van der Waals surface area contributed by atoms with Crippen molar-refractivity contribution in [2.45, 2.75) is 20.1 Å². The zero-order chi connectivity index (χ0) is 15.6. The zero-order valence-electron chi connectivity index (χ0n) is 13.0. The van der Waals surface area contributed by atoms with E-state index < -0.39 is 7.60 Å². The summed E-state index contributed by atoms with van der Waals surface area (Å²) in [5.74, 6) is 0. The van der Waals surface area contributed by atoms with Gasteiger partial charge in [0.1, 0.15) is 6.73 Å². The Labute approximate surface area is 125 Å². The van der Waals surface area contributed by atoms with Crippen molar-refractivity contribution in [3.8, 4) is 0 Å². The van der Waals surface area contributed by atoms with Crippen LogP contribution in [0.4, 0.5) is 0 Å². The molecule has 0 aliphatic rings. The first-order valence-electron chi connectivity index (χ1n) is 6.94. The van der Waals surface area contributed by atoms with E-state index in [1.165, 1.54) is 23.2 Å². The van der Waals surface area contributed by atoms with Crippen molar-refractivity contribution in [1.82, 2.24) is 9.47 Å². The van der Waals surface area contributed by atoms with E-state index in [0.717, 1.165) is 18.5 Å². The fourth-order valence-electron chi connectivity index (χ4n) is 2.30. The molecule has 5 nitrogen and oxygen atoms in total. The van der Waals surface area contributed by atoms with E-state index >= 15 is 0 Å². The third kappa shape index (κ3) is 4.42. The standard InChI is InChI=1S/C15H23N2O3P/c1-12-5-6-15-14(9-12)13(7-8-16(2)3)10-17(15)11-20-21(4,18)19/h5-6,9-10H,7-8,11H2,1-4H3,(H,18,19). The van der Waals surface area contributed by atoms with Gasteiger partial charge in [0.15, 0.2) is 0 Å². The Hall–Kier alpha value is -1.13. The van der Waals surface area contributed by atoms with Crippen LogP contribution in [0.1, 0.15) is 11.1 Å². The third-order valence-electron chi connectivity index (χ3n) is 3.38. The van der Waals surface area contributed by atoms with Crippen molar-refractivity contribution >= 4 is 18.5 Å². The summed E-state index contributed by atoms with van der Waals surface area (Å²) in [6.07, 6.45) is 2.95. The summed E-state index contributed by atoms with van der Waals surface area (Å²) < 4.78 is 18.3. The zero-order valence-corrected chi connectivity index (χ0v) is 13.9. The molecule has 0 saturated carbocycles. The van der Waals surface area contributed by atoms with Gasteiger partial charge in [-0.25, -0.2) is 0 Å². The lowest BCUT2D eigenvalue weighted by atomic mass is 10.1. The van der Waals surface area contributed by atoms with Crippen molar-refractivity contribution in [3.05, 3.63) is 35.5 Å². The van der Waals surface area contributed by atoms with Gasteiger partial charge in [0.2, 0.25) is 0 Å². The first-order chi connectivity index (χ1) is 9.76. The molecule has 116 valence electrons. The predicted molar refractivity (Wildman–Crippen MR) is 85.8 cm³/mol. The molecule has 0 spiro atoms. The van der Waals surface area contributed by atoms with Gasteiger partial charge < -0.3 is 14.4 Å². The molecule has 0 fully saturated rings. The second-order valence-corrected chi connectivity index (χ2v) is 7.62. The van der Waals surface area contributed by atoms with Crippen molar-refractivity contribution in [2.75, 3.05) is 27.3 Å². The van der Waals surface area contributed by atoms with E-state index in [4.69, 9.17) is 4.52 Å². The summed E-state index contributed by atoms with van der Waals surface area (Å²) >= 11 is 0. The van der Waals surface area contributed by atoms with Gasteiger partial charge in [-0.15, -0.1) is 0 Å². The van der Waals surface area contributed by atoms with E-state index in [1.54, 1.807) is 0 Å². The molecule has 0 bridgehead atoms. The lowest BCUT2D eigenvalue weighted by molar-refractivity contribution is 0.208. The number of aromatic nitrogens is 1. The maximum Gasteiger partial charge on any atom is 0.326 e. The van der Waals surface area contributed by atoms with Crippen LogP contribution in [0.15, 0.2) is 24.4 Å². The second-order valence-electron chi connectivity index (χ2n) is 5.76. The maximum atomic E-state index is 11.3. The summed E-state index contributed by atoms with van der Waals surface area (Å²) in [5, 5.41) is 1.18. The Kier molecular flexibility index (Phi) is 4.89. The molecule has 1 aromatic carbocycles. The molecule has 0 aliphatic heterocycles. The molecule has 1 aromatic heterocycles. The van der Waals surface area contributed by atoms with Crippen LogP contribution in [-0.2, 0) is 22.2 Å². The molecule has 0 amide bonds. The molecule has 1 N–H and O–H groups in total. The molecule has 1 atom stereocenters. The normalized spacial score (nSPS) is 14.8. The number of aryl methyl sites for hydroxylation is 1. The van der Waals surface area contributed by atoms with Crippen LogP contribution in [0.25, 0.3) is 10.9 Å². The monoisotopic (exact) mass is 310 g/mol. The van der Waals surface area contributed by atoms with Crippen LogP contribution in [0, 0.1) is 6.92 Å². The lowest BCUT2D eigenvalue weighted by Crippen LogP contribution is -2.14. The van der Waals surface area contributed by atoms with Gasteiger partial charge in [-0.05, 0) is 45.1 Å². The minimum absolute atomic E-state index is 0.0891. The number of benzene rings is 1.